The molecule has 0 radical (unpaired) electrons. The number of aliphatic carboxylic acids is 1. The lowest BCUT2D eigenvalue weighted by atomic mass is 10.0. The number of nitrogens with zero attached hydrogens (tertiary/aromatic N) is 1. The second kappa shape index (κ2) is 45.6. The zero-order valence-electron chi connectivity index (χ0n) is 41.2. The van der Waals surface area contributed by atoms with E-state index in [0.29, 0.717) is 17.4 Å². The van der Waals surface area contributed by atoms with Gasteiger partial charge in [-0.15, -0.1) is 0 Å². The predicted octanol–water partition coefficient (Wildman–Crippen LogP) is 12.8. The summed E-state index contributed by atoms with van der Waals surface area (Å²) in [6.45, 7) is 4.53. The van der Waals surface area contributed by atoms with Gasteiger partial charge >= 0.3 is 11.9 Å². The van der Waals surface area contributed by atoms with Crippen LogP contribution in [0.25, 0.3) is 0 Å². The van der Waals surface area contributed by atoms with Crippen molar-refractivity contribution in [3.63, 3.8) is 0 Å². The van der Waals surface area contributed by atoms with E-state index in [2.05, 4.69) is 56.4 Å². The Morgan fingerprint density at radius 3 is 1.29 bits per heavy atom. The van der Waals surface area contributed by atoms with E-state index in [-0.39, 0.29) is 38.6 Å². The third-order valence-corrected chi connectivity index (χ3v) is 10.8. The Kier molecular flexibility index (Phi) is 43.4. The normalized spacial score (nSPS) is 13.3. The lowest BCUT2D eigenvalue weighted by molar-refractivity contribution is -0.870. The first kappa shape index (κ1) is 60.0. The molecule has 9 heteroatoms. The Hall–Kier alpha value is -3.01. The van der Waals surface area contributed by atoms with Gasteiger partial charge in [0.25, 0.3) is 0 Å². The number of ether oxygens (including phenoxy) is 4. The number of carboxylic acid groups (broad SMARTS) is 1. The highest BCUT2D eigenvalue weighted by atomic mass is 16.7. The van der Waals surface area contributed by atoms with Crippen LogP contribution < -0.4 is 5.11 Å². The molecule has 0 saturated heterocycles. The zero-order valence-corrected chi connectivity index (χ0v) is 41.2. The van der Waals surface area contributed by atoms with Gasteiger partial charge in [-0.1, -0.05) is 216 Å². The van der Waals surface area contributed by atoms with Crippen LogP contribution >= 0.6 is 0 Å². The van der Waals surface area contributed by atoms with E-state index in [9.17, 15) is 19.5 Å². The van der Waals surface area contributed by atoms with Gasteiger partial charge in [0.2, 0.25) is 0 Å². The van der Waals surface area contributed by atoms with Crippen molar-refractivity contribution >= 4 is 17.9 Å². The highest BCUT2D eigenvalue weighted by Gasteiger charge is 2.21. The van der Waals surface area contributed by atoms with Crippen LogP contribution in [0, 0.1) is 0 Å². The number of carbonyl (C=O) groups excluding carboxylic acids is 3. The topological polar surface area (TPSA) is 111 Å². The first-order chi connectivity index (χ1) is 30.6. The van der Waals surface area contributed by atoms with Gasteiger partial charge in [-0.25, -0.2) is 0 Å². The molecule has 0 rings (SSSR count). The van der Waals surface area contributed by atoms with Crippen LogP contribution in [0.3, 0.4) is 0 Å². The van der Waals surface area contributed by atoms with Crippen LogP contribution in [0.15, 0.2) is 60.8 Å². The second-order valence-corrected chi connectivity index (χ2v) is 18.1. The molecule has 0 spiro atoms. The van der Waals surface area contributed by atoms with Gasteiger partial charge < -0.3 is 33.3 Å². The highest BCUT2D eigenvalue weighted by Crippen LogP contribution is 2.16. The summed E-state index contributed by atoms with van der Waals surface area (Å²) in [6.07, 6.45) is 53.0. The Balaban J connectivity index is 4.35. The fraction of sp³-hybridized carbons (Fsp3) is 0.759. The summed E-state index contributed by atoms with van der Waals surface area (Å²) in [4.78, 5) is 37.0. The highest BCUT2D eigenvalue weighted by molar-refractivity contribution is 5.71. The minimum Gasteiger partial charge on any atom is -0.545 e. The summed E-state index contributed by atoms with van der Waals surface area (Å²) >= 11 is 0. The van der Waals surface area contributed by atoms with Crippen molar-refractivity contribution in [3.8, 4) is 0 Å². The summed E-state index contributed by atoms with van der Waals surface area (Å²) < 4.78 is 22.5. The Morgan fingerprint density at radius 2 is 0.889 bits per heavy atom. The van der Waals surface area contributed by atoms with Gasteiger partial charge in [0, 0.05) is 6.42 Å². The maximum absolute atomic E-state index is 12.7. The molecule has 0 bridgehead atoms. The number of carboxylic acids is 1. The lowest BCUT2D eigenvalue weighted by Crippen LogP contribution is -2.44. The number of unbranched alkanes of at least 4 members (excludes halogenated alkanes) is 22. The quantitative estimate of drug-likeness (QED) is 0.0195. The molecule has 2 atom stereocenters. The van der Waals surface area contributed by atoms with E-state index in [0.717, 1.165) is 44.9 Å². The molecule has 9 nitrogen and oxygen atoms in total. The molecule has 0 heterocycles. The molecule has 0 aromatic carbocycles. The molecule has 0 aliphatic heterocycles. The second-order valence-electron chi connectivity index (χ2n) is 18.1. The van der Waals surface area contributed by atoms with Crippen molar-refractivity contribution in [1.82, 2.24) is 0 Å². The van der Waals surface area contributed by atoms with E-state index in [4.69, 9.17) is 18.9 Å². The van der Waals surface area contributed by atoms with Crippen LogP contribution in [-0.2, 0) is 33.3 Å². The fourth-order valence-corrected chi connectivity index (χ4v) is 6.91. The van der Waals surface area contributed by atoms with Crippen LogP contribution in [0.1, 0.15) is 206 Å². The summed E-state index contributed by atoms with van der Waals surface area (Å²) in [6, 6.07) is 0. The molecule has 0 N–H and O–H groups in total. The number of quaternary nitrogens is 1. The van der Waals surface area contributed by atoms with E-state index in [1.807, 2.05) is 33.3 Å². The third kappa shape index (κ3) is 46.8. The Labute approximate surface area is 386 Å². The van der Waals surface area contributed by atoms with Gasteiger partial charge in [-0.05, 0) is 38.5 Å². The lowest BCUT2D eigenvalue weighted by Gasteiger charge is -2.26. The van der Waals surface area contributed by atoms with Crippen molar-refractivity contribution in [3.05, 3.63) is 60.8 Å². The predicted molar refractivity (Wildman–Crippen MR) is 260 cm³/mol. The largest absolute Gasteiger partial charge is 0.545 e. The number of rotatable bonds is 46. The average molecular weight is 886 g/mol. The summed E-state index contributed by atoms with van der Waals surface area (Å²) in [5.41, 5.74) is 0. The first-order valence-electron chi connectivity index (χ1n) is 25.4. The first-order valence-corrected chi connectivity index (χ1v) is 25.4. The number of hydrogen-bond acceptors (Lipinski definition) is 8. The number of carbonyl (C=O) groups is 3. The minimum absolute atomic E-state index is 0.0153. The molecule has 0 aliphatic rings. The number of hydrogen-bond donors (Lipinski definition) is 0. The van der Waals surface area contributed by atoms with Crippen molar-refractivity contribution in [1.29, 1.82) is 0 Å². The van der Waals surface area contributed by atoms with E-state index >= 15 is 0 Å². The van der Waals surface area contributed by atoms with Gasteiger partial charge in [0.15, 0.2) is 12.4 Å². The molecule has 0 aliphatic carbocycles. The molecule has 0 saturated carbocycles. The van der Waals surface area contributed by atoms with Crippen LogP contribution in [-0.4, -0.2) is 82.3 Å². The molecular formula is C54H95NO8. The molecular weight excluding hydrogens is 791 g/mol. The fourth-order valence-electron chi connectivity index (χ4n) is 6.91. The summed E-state index contributed by atoms with van der Waals surface area (Å²) in [5, 5.41) is 11.7. The van der Waals surface area contributed by atoms with E-state index < -0.39 is 24.3 Å². The average Bonchev–Trinajstić information content (AvgIpc) is 3.24. The monoisotopic (exact) mass is 886 g/mol. The molecule has 0 aromatic rings. The van der Waals surface area contributed by atoms with Crippen molar-refractivity contribution in [2.24, 2.45) is 0 Å². The summed E-state index contributed by atoms with van der Waals surface area (Å²) in [5.74, 6) is -2.45. The van der Waals surface area contributed by atoms with Gasteiger partial charge in [-0.3, -0.25) is 9.59 Å². The molecule has 2 unspecified atom stereocenters. The molecule has 0 amide bonds. The van der Waals surface area contributed by atoms with Crippen LogP contribution in [0.2, 0.25) is 0 Å². The maximum Gasteiger partial charge on any atom is 0.310 e. The third-order valence-electron chi connectivity index (χ3n) is 10.8. The number of likely N-dealkylation sites (N-methyl/N-ethyl adjacent to an activating group) is 1. The van der Waals surface area contributed by atoms with E-state index in [1.54, 1.807) is 6.08 Å². The van der Waals surface area contributed by atoms with Crippen molar-refractivity contribution in [2.45, 2.75) is 219 Å². The Morgan fingerprint density at radius 1 is 0.492 bits per heavy atom. The standard InChI is InChI=1S/C54H95NO8/c1-6-8-10-12-14-16-18-20-22-23-24-25-26-27-28-29-31-32-34-36-38-40-42-44-51(56)61-48-50(49-62-54(53(58)59)60-47-46-55(3,4)5)63-52(57)45-43-41-39-37-35-33-30-21-19-17-15-13-11-9-7-2/h9,11,15,17,21,30,35,37,41,43,50,54H,6-8,10,12-14,16,18-20,22-29,31-34,36,38-40,42,44-49H2,1-5H3/b11-9-,17-15-,30-21-,37-35-,43-41-. The Bertz CT molecular complexity index is 1220. The van der Waals surface area contributed by atoms with Crippen LogP contribution in [0.5, 0.6) is 0 Å². The number of allylic oxidation sites excluding steroid dienone is 9. The van der Waals surface area contributed by atoms with Gasteiger partial charge in [-0.2, -0.15) is 0 Å². The SMILES string of the molecule is CC/C=C\C/C=C\C/C=C\C/C=C\C/C=C\CC(=O)OC(COC(=O)CCCCCCCCCCCCCCCCCCCCCCCCC)COC(OCC[N+](C)(C)C)C(=O)[O-]. The summed E-state index contributed by atoms with van der Waals surface area (Å²) in [7, 11) is 5.88. The molecule has 0 fully saturated rings. The smallest absolute Gasteiger partial charge is 0.310 e. The van der Waals surface area contributed by atoms with Crippen LogP contribution in [0.4, 0.5) is 0 Å². The number of esters is 2. The van der Waals surface area contributed by atoms with E-state index in [1.165, 1.54) is 128 Å². The zero-order chi connectivity index (χ0) is 46.3. The maximum atomic E-state index is 12.7. The molecule has 0 aromatic heterocycles. The van der Waals surface area contributed by atoms with Crippen molar-refractivity contribution < 1.29 is 42.9 Å². The van der Waals surface area contributed by atoms with Crippen molar-refractivity contribution in [2.75, 3.05) is 47.5 Å². The molecule has 63 heavy (non-hydrogen) atoms. The van der Waals surface area contributed by atoms with Gasteiger partial charge in [0.05, 0.1) is 46.7 Å². The minimum atomic E-state index is -1.65. The molecule has 364 valence electrons. The van der Waals surface area contributed by atoms with Gasteiger partial charge in [0.1, 0.15) is 13.2 Å².